The minimum Gasteiger partial charge on any atom is -0.466 e. The van der Waals surface area contributed by atoms with Gasteiger partial charge < -0.3 is 25.0 Å². The van der Waals surface area contributed by atoms with Crippen LogP contribution in [-0.2, 0) is 30.9 Å². The number of ether oxygens (including phenoxy) is 2. The van der Waals surface area contributed by atoms with Crippen LogP contribution in [0.3, 0.4) is 0 Å². The summed E-state index contributed by atoms with van der Waals surface area (Å²) in [4.78, 5) is 27.5. The van der Waals surface area contributed by atoms with E-state index in [9.17, 15) is 13.8 Å². The number of nitrogens with zero attached hydrogens (tertiary/aromatic N) is 2. The zero-order chi connectivity index (χ0) is 41.7. The van der Waals surface area contributed by atoms with E-state index in [1.54, 1.807) is 7.05 Å². The molecule has 0 unspecified atom stereocenters. The number of nitrogens with one attached hydrogen (secondary N) is 2. The summed E-state index contributed by atoms with van der Waals surface area (Å²) in [5, 5.41) is 6.18. The summed E-state index contributed by atoms with van der Waals surface area (Å²) in [6, 6.07) is 0. The van der Waals surface area contributed by atoms with Crippen LogP contribution in [0.25, 0.3) is 0 Å². The summed E-state index contributed by atoms with van der Waals surface area (Å²) >= 11 is -0.247. The van der Waals surface area contributed by atoms with Crippen LogP contribution in [0.1, 0.15) is 239 Å². The Hall–Kier alpha value is -1.68. The van der Waals surface area contributed by atoms with E-state index in [4.69, 9.17) is 9.47 Å². The molecule has 0 atom stereocenters. The molecule has 0 aliphatic heterocycles. The van der Waals surface area contributed by atoms with Crippen molar-refractivity contribution in [2.45, 2.75) is 245 Å². The van der Waals surface area contributed by atoms with E-state index in [2.05, 4.69) is 40.7 Å². The van der Waals surface area contributed by atoms with Gasteiger partial charge in [-0.15, -0.1) is 0 Å². The molecular weight excluding hydrogens is 733 g/mol. The van der Waals surface area contributed by atoms with Crippen molar-refractivity contribution in [3.05, 3.63) is 0 Å². The fourth-order valence-electron chi connectivity index (χ4n) is 7.46. The fourth-order valence-corrected chi connectivity index (χ4v) is 7.71. The lowest BCUT2D eigenvalue weighted by Crippen LogP contribution is -2.37. The largest absolute Gasteiger partial charge is 0.466 e. The van der Waals surface area contributed by atoms with Crippen molar-refractivity contribution in [1.29, 1.82) is 0 Å². The molecule has 57 heavy (non-hydrogen) atoms. The average Bonchev–Trinajstić information content (AvgIpc) is 3.21. The number of esters is 2. The predicted molar refractivity (Wildman–Crippen MR) is 245 cm³/mol. The van der Waals surface area contributed by atoms with Crippen LogP contribution in [0.4, 0.5) is 0 Å². The Labute approximate surface area is 356 Å². The predicted octanol–water partition coefficient (Wildman–Crippen LogP) is 12.1. The van der Waals surface area contributed by atoms with Crippen LogP contribution in [0.2, 0.25) is 0 Å². The maximum atomic E-state index is 12.8. The minimum atomic E-state index is -0.247. The molecule has 2 N–H and O–H groups in total. The molecule has 10 heteroatoms. The van der Waals surface area contributed by atoms with E-state index < -0.39 is 0 Å². The molecule has 0 aliphatic rings. The Kier molecular flexibility index (Phi) is 44.1. The first kappa shape index (κ1) is 55.3. The van der Waals surface area contributed by atoms with Gasteiger partial charge in [-0.1, -0.05) is 162 Å². The highest BCUT2D eigenvalue weighted by molar-refractivity contribution is 7.64. The minimum absolute atomic E-state index is 0.0109. The van der Waals surface area contributed by atoms with E-state index in [1.807, 2.05) is 0 Å². The number of hydrogen-bond donors (Lipinski definition) is 3. The molecule has 0 aromatic heterocycles. The van der Waals surface area contributed by atoms with Crippen molar-refractivity contribution in [3.63, 3.8) is 0 Å². The number of guanidine groups is 1. The van der Waals surface area contributed by atoms with Crippen LogP contribution >= 0.6 is 0 Å². The van der Waals surface area contributed by atoms with Crippen LogP contribution < -0.4 is 10.6 Å². The molecule has 0 rings (SSSR count). The number of unbranched alkanes of at least 4 members (excludes halogenated alkanes) is 24. The van der Waals surface area contributed by atoms with Crippen molar-refractivity contribution in [2.24, 2.45) is 4.40 Å². The standard InChI is InChI=1S/C47H94N4O5S/c1-5-8-11-14-17-26-33-43-55-45(52)37-29-22-18-24-31-40-51(42-34-39-49-47(48-4)50-57-54)41-32-25-19-23-30-38-46(53)56-44(35-27-20-15-12-9-6-2)36-28-21-16-13-10-7-3/h44,57H,5-43H2,1-4H3,(H2,48,49,50,54). The third kappa shape index (κ3) is 40.9. The second-order valence-corrected chi connectivity index (χ2v) is 16.9. The van der Waals surface area contributed by atoms with Gasteiger partial charge in [0.1, 0.15) is 18.0 Å². The Bertz CT molecular complexity index is 908. The molecule has 0 saturated carbocycles. The lowest BCUT2D eigenvalue weighted by atomic mass is 10.0. The molecule has 0 bridgehead atoms. The van der Waals surface area contributed by atoms with Gasteiger partial charge in [0.15, 0.2) is 0 Å². The topological polar surface area (TPSA) is 109 Å². The maximum absolute atomic E-state index is 12.8. The van der Waals surface area contributed by atoms with Gasteiger partial charge in [0, 0.05) is 26.4 Å². The summed E-state index contributed by atoms with van der Waals surface area (Å²) in [6.07, 6.45) is 39.2. The van der Waals surface area contributed by atoms with Crippen molar-refractivity contribution >= 4 is 29.8 Å². The number of thiol groups is 1. The Morgan fingerprint density at radius 1 is 0.544 bits per heavy atom. The number of rotatable bonds is 44. The van der Waals surface area contributed by atoms with E-state index in [0.717, 1.165) is 110 Å². The first-order chi connectivity index (χ1) is 28.0. The molecule has 0 amide bonds. The Morgan fingerprint density at radius 3 is 1.46 bits per heavy atom. The van der Waals surface area contributed by atoms with E-state index in [1.165, 1.54) is 122 Å². The van der Waals surface area contributed by atoms with Crippen molar-refractivity contribution in [2.75, 3.05) is 39.8 Å². The molecule has 0 aromatic rings. The first-order valence-corrected chi connectivity index (χ1v) is 25.2. The lowest BCUT2D eigenvalue weighted by Gasteiger charge is -2.22. The van der Waals surface area contributed by atoms with Gasteiger partial charge in [-0.3, -0.25) is 9.59 Å². The summed E-state index contributed by atoms with van der Waals surface area (Å²) in [6.45, 7) is 11.3. The SMILES string of the molecule is CCCCCCCCCOC(=O)CCCCCCCN(CCCCCCCC(=O)OC(CCCCCCCC)CCCCCCCC)CCCN/C(=N/[SH]=O)NC. The third-order valence-electron chi connectivity index (χ3n) is 11.1. The van der Waals surface area contributed by atoms with Crippen molar-refractivity contribution in [1.82, 2.24) is 15.5 Å². The van der Waals surface area contributed by atoms with Crippen LogP contribution in [0.5, 0.6) is 0 Å². The fraction of sp³-hybridized carbons (Fsp3) is 0.936. The molecule has 0 saturated heterocycles. The van der Waals surface area contributed by atoms with Crippen LogP contribution in [-0.4, -0.2) is 72.9 Å². The van der Waals surface area contributed by atoms with Crippen LogP contribution in [0.15, 0.2) is 4.40 Å². The van der Waals surface area contributed by atoms with E-state index in [0.29, 0.717) is 25.4 Å². The molecule has 0 aromatic carbocycles. The van der Waals surface area contributed by atoms with Crippen LogP contribution in [0, 0.1) is 0 Å². The monoisotopic (exact) mass is 827 g/mol. The highest BCUT2D eigenvalue weighted by Crippen LogP contribution is 2.18. The van der Waals surface area contributed by atoms with Gasteiger partial charge in [0.25, 0.3) is 0 Å². The third-order valence-corrected chi connectivity index (χ3v) is 11.4. The number of carbonyl (C=O) groups excluding carboxylic acids is 2. The molecular formula is C47H94N4O5S. The highest BCUT2D eigenvalue weighted by atomic mass is 32.2. The summed E-state index contributed by atoms with van der Waals surface area (Å²) in [5.74, 6) is 0.528. The zero-order valence-electron chi connectivity index (χ0n) is 38.0. The van der Waals surface area contributed by atoms with Gasteiger partial charge in [-0.2, -0.15) is 4.40 Å². The van der Waals surface area contributed by atoms with Gasteiger partial charge >= 0.3 is 11.9 Å². The molecule has 0 fully saturated rings. The molecule has 9 nitrogen and oxygen atoms in total. The lowest BCUT2D eigenvalue weighted by molar-refractivity contribution is -0.150. The molecule has 0 spiro atoms. The normalized spacial score (nSPS) is 11.8. The highest BCUT2D eigenvalue weighted by Gasteiger charge is 2.14. The smallest absolute Gasteiger partial charge is 0.306 e. The quantitative estimate of drug-likeness (QED) is 0.0183. The number of hydrogen-bond acceptors (Lipinski definition) is 6. The maximum Gasteiger partial charge on any atom is 0.306 e. The second kappa shape index (κ2) is 45.4. The Balaban J connectivity index is 4.42. The van der Waals surface area contributed by atoms with Gasteiger partial charge in [0.05, 0.1) is 6.61 Å². The molecule has 0 aliphatic carbocycles. The summed E-state index contributed by atoms with van der Waals surface area (Å²) in [5.41, 5.74) is 0. The van der Waals surface area contributed by atoms with E-state index in [-0.39, 0.29) is 29.9 Å². The van der Waals surface area contributed by atoms with Gasteiger partial charge in [0.2, 0.25) is 5.96 Å². The summed E-state index contributed by atoms with van der Waals surface area (Å²) < 4.78 is 26.3. The molecule has 0 radical (unpaired) electrons. The second-order valence-electron chi connectivity index (χ2n) is 16.5. The molecule has 338 valence electrons. The van der Waals surface area contributed by atoms with Crippen molar-refractivity contribution < 1.29 is 23.3 Å². The Morgan fingerprint density at radius 2 is 0.965 bits per heavy atom. The van der Waals surface area contributed by atoms with Crippen molar-refractivity contribution in [3.8, 4) is 0 Å². The average molecular weight is 827 g/mol. The number of carbonyl (C=O) groups is 2. The summed E-state index contributed by atoms with van der Waals surface area (Å²) in [7, 11) is 1.78. The molecule has 0 heterocycles. The first-order valence-electron chi connectivity index (χ1n) is 24.4. The van der Waals surface area contributed by atoms with E-state index >= 15 is 0 Å². The van der Waals surface area contributed by atoms with Gasteiger partial charge in [-0.05, 0) is 83.8 Å². The van der Waals surface area contributed by atoms with Gasteiger partial charge in [-0.25, -0.2) is 4.21 Å². The zero-order valence-corrected chi connectivity index (χ0v) is 38.9.